The van der Waals surface area contributed by atoms with Crippen molar-refractivity contribution in [2.75, 3.05) is 6.61 Å². The van der Waals surface area contributed by atoms with E-state index < -0.39 is 39.6 Å². The molecule has 0 spiro atoms. The Morgan fingerprint density at radius 2 is 2.00 bits per heavy atom. The predicted molar refractivity (Wildman–Crippen MR) is 94.0 cm³/mol. The average molecular weight is 426 g/mol. The fourth-order valence-electron chi connectivity index (χ4n) is 1.94. The van der Waals surface area contributed by atoms with Crippen molar-refractivity contribution in [1.82, 2.24) is 4.72 Å². The summed E-state index contributed by atoms with van der Waals surface area (Å²) in [5.41, 5.74) is -1.98. The molecule has 24 heavy (non-hydrogen) atoms. The molecule has 0 bridgehead atoms. The first-order valence-corrected chi connectivity index (χ1v) is 9.33. The van der Waals surface area contributed by atoms with E-state index in [-0.39, 0.29) is 12.2 Å². The van der Waals surface area contributed by atoms with Gasteiger partial charge in [0.25, 0.3) is 0 Å². The second kappa shape index (κ2) is 8.12. The Morgan fingerprint density at radius 3 is 2.50 bits per heavy atom. The molecule has 0 aromatic heterocycles. The maximum Gasteiger partial charge on any atom is 0.343 e. The van der Waals surface area contributed by atoms with Crippen molar-refractivity contribution in [2.24, 2.45) is 0 Å². The topological polar surface area (TPSA) is 61.4 Å². The van der Waals surface area contributed by atoms with E-state index >= 15 is 0 Å². The molecule has 0 aliphatic carbocycles. The van der Waals surface area contributed by atoms with E-state index in [2.05, 4.69) is 20.7 Å². The fourth-order valence-corrected chi connectivity index (χ4v) is 3.20. The molecule has 0 radical (unpaired) electrons. The molecule has 0 aliphatic rings. The molecular formula is C16H22BrF2NO3S. The standard InChI is InChI=1S/C16H22BrF2NO3S/c1-6-23-14(21)13(19)16(5,20-24(22)15(2,3)4)11-9-10(17)7-8-12(11)18/h7-9,13,20H,6H2,1-5H3/t13-,16+,24+/m0/s1. The maximum absolute atomic E-state index is 14.9. The summed E-state index contributed by atoms with van der Waals surface area (Å²) in [6.07, 6.45) is -2.24. The van der Waals surface area contributed by atoms with Crippen molar-refractivity contribution >= 4 is 33.3 Å². The van der Waals surface area contributed by atoms with Gasteiger partial charge in [0.15, 0.2) is 0 Å². The van der Waals surface area contributed by atoms with Gasteiger partial charge in [0.05, 0.1) is 6.61 Å². The summed E-state index contributed by atoms with van der Waals surface area (Å²) in [5.74, 6) is -1.86. The van der Waals surface area contributed by atoms with Crippen molar-refractivity contribution in [2.45, 2.75) is 51.1 Å². The van der Waals surface area contributed by atoms with Crippen LogP contribution in [0.15, 0.2) is 22.7 Å². The summed E-state index contributed by atoms with van der Waals surface area (Å²) in [5, 5.41) is 0. The van der Waals surface area contributed by atoms with E-state index in [0.717, 1.165) is 6.07 Å². The van der Waals surface area contributed by atoms with Gasteiger partial charge in [0.2, 0.25) is 6.17 Å². The third-order valence-corrected chi connectivity index (χ3v) is 5.56. The van der Waals surface area contributed by atoms with Gasteiger partial charge in [-0.05, 0) is 52.8 Å². The fraction of sp³-hybridized carbons (Fsp3) is 0.562. The maximum atomic E-state index is 14.9. The molecule has 1 aromatic carbocycles. The third kappa shape index (κ3) is 4.91. The van der Waals surface area contributed by atoms with Gasteiger partial charge in [-0.2, -0.15) is 0 Å². The summed E-state index contributed by atoms with van der Waals surface area (Å²) >= 11 is 1.46. The Labute approximate surface area is 152 Å². The number of hydrogen-bond acceptors (Lipinski definition) is 4. The van der Waals surface area contributed by atoms with Gasteiger partial charge < -0.3 is 9.29 Å². The smallest absolute Gasteiger partial charge is 0.343 e. The molecule has 0 aliphatic heterocycles. The Hall–Kier alpha value is -0.700. The van der Waals surface area contributed by atoms with Crippen LogP contribution in [0.2, 0.25) is 0 Å². The molecule has 0 unspecified atom stereocenters. The lowest BCUT2D eigenvalue weighted by Crippen LogP contribution is -2.57. The zero-order valence-electron chi connectivity index (χ0n) is 14.3. The van der Waals surface area contributed by atoms with Crippen molar-refractivity contribution in [1.29, 1.82) is 0 Å². The van der Waals surface area contributed by atoms with Crippen LogP contribution in [-0.2, 0) is 26.4 Å². The number of nitrogens with one attached hydrogen (secondary N) is 1. The van der Waals surface area contributed by atoms with Crippen LogP contribution in [0.5, 0.6) is 0 Å². The Morgan fingerprint density at radius 1 is 1.42 bits per heavy atom. The zero-order valence-corrected chi connectivity index (χ0v) is 16.7. The number of benzene rings is 1. The molecule has 0 saturated carbocycles. The number of rotatable bonds is 6. The van der Waals surface area contributed by atoms with Crippen LogP contribution in [0, 0.1) is 5.82 Å². The molecule has 1 aromatic rings. The van der Waals surface area contributed by atoms with E-state index in [1.165, 1.54) is 19.1 Å². The normalized spacial score (nSPS) is 17.0. The van der Waals surface area contributed by atoms with Crippen LogP contribution < -0.4 is 4.72 Å². The molecule has 8 heteroatoms. The molecule has 0 amide bonds. The van der Waals surface area contributed by atoms with E-state index in [9.17, 15) is 18.1 Å². The quantitative estimate of drug-likeness (QED) is 0.556. The highest BCUT2D eigenvalue weighted by atomic mass is 79.9. The number of hydrogen-bond donors (Lipinski definition) is 1. The number of carbonyl (C=O) groups excluding carboxylic acids is 1. The Bertz CT molecular complexity index is 597. The van der Waals surface area contributed by atoms with Gasteiger partial charge in [-0.1, -0.05) is 15.9 Å². The first-order chi connectivity index (χ1) is 10.9. The highest BCUT2D eigenvalue weighted by molar-refractivity contribution is 9.10. The van der Waals surface area contributed by atoms with Crippen molar-refractivity contribution in [3.8, 4) is 0 Å². The lowest BCUT2D eigenvalue weighted by atomic mass is 9.87. The van der Waals surface area contributed by atoms with E-state index in [4.69, 9.17) is 4.74 Å². The highest BCUT2D eigenvalue weighted by Gasteiger charge is 2.49. The number of esters is 1. The summed E-state index contributed by atoms with van der Waals surface area (Å²) in [4.78, 5) is 11.9. The third-order valence-electron chi connectivity index (χ3n) is 3.35. The van der Waals surface area contributed by atoms with Crippen LogP contribution >= 0.6 is 15.9 Å². The lowest BCUT2D eigenvalue weighted by molar-refractivity contribution is -0.152. The summed E-state index contributed by atoms with van der Waals surface area (Å²) in [6.45, 7) is 7.88. The van der Waals surface area contributed by atoms with Gasteiger partial charge in [-0.25, -0.2) is 13.6 Å². The van der Waals surface area contributed by atoms with Crippen LogP contribution in [0.4, 0.5) is 8.78 Å². The van der Waals surface area contributed by atoms with Gasteiger partial charge in [0, 0.05) is 21.4 Å². The minimum absolute atomic E-state index is 0.0152. The van der Waals surface area contributed by atoms with Gasteiger partial charge >= 0.3 is 5.97 Å². The summed E-state index contributed by atoms with van der Waals surface area (Å²) in [6, 6.07) is 3.96. The number of alkyl halides is 1. The monoisotopic (exact) mass is 425 g/mol. The lowest BCUT2D eigenvalue weighted by Gasteiger charge is -2.36. The van der Waals surface area contributed by atoms with Crippen molar-refractivity contribution in [3.63, 3.8) is 0 Å². The molecule has 136 valence electrons. The molecule has 0 heterocycles. The molecule has 0 saturated heterocycles. The van der Waals surface area contributed by atoms with E-state index in [1.807, 2.05) is 0 Å². The molecule has 1 rings (SSSR count). The summed E-state index contributed by atoms with van der Waals surface area (Å²) < 4.78 is 48.8. The second-order valence-electron chi connectivity index (χ2n) is 6.42. The van der Waals surface area contributed by atoms with E-state index in [0.29, 0.717) is 4.47 Å². The molecule has 1 N–H and O–H groups in total. The number of ether oxygens (including phenoxy) is 1. The molecule has 0 fully saturated rings. The minimum Gasteiger partial charge on any atom is -0.598 e. The van der Waals surface area contributed by atoms with Gasteiger partial charge in [-0.15, -0.1) is 4.72 Å². The molecule has 3 atom stereocenters. The average Bonchev–Trinajstić information content (AvgIpc) is 2.47. The zero-order chi connectivity index (χ0) is 18.7. The highest BCUT2D eigenvalue weighted by Crippen LogP contribution is 2.34. The predicted octanol–water partition coefficient (Wildman–Crippen LogP) is 3.76. The van der Waals surface area contributed by atoms with E-state index in [1.54, 1.807) is 27.7 Å². The first-order valence-electron chi connectivity index (χ1n) is 7.39. The summed E-state index contributed by atoms with van der Waals surface area (Å²) in [7, 11) is 0. The van der Waals surface area contributed by atoms with Crippen LogP contribution in [0.25, 0.3) is 0 Å². The number of carbonyl (C=O) groups is 1. The van der Waals surface area contributed by atoms with Gasteiger partial charge in [0.1, 0.15) is 16.1 Å². The second-order valence-corrected chi connectivity index (χ2v) is 9.31. The van der Waals surface area contributed by atoms with Gasteiger partial charge in [-0.3, -0.25) is 0 Å². The van der Waals surface area contributed by atoms with Crippen LogP contribution in [0.1, 0.15) is 40.2 Å². The molecule has 4 nitrogen and oxygen atoms in total. The number of halogens is 3. The van der Waals surface area contributed by atoms with Crippen molar-refractivity contribution in [3.05, 3.63) is 34.1 Å². The van der Waals surface area contributed by atoms with Crippen LogP contribution in [-0.4, -0.2) is 28.0 Å². The first kappa shape index (κ1) is 21.3. The SMILES string of the molecule is CCOC(=O)[C@H](F)[C@](C)(N[S@+]([O-])C(C)(C)C)c1cc(Br)ccc1F. The Kier molecular flexibility index (Phi) is 7.22. The largest absolute Gasteiger partial charge is 0.598 e. The van der Waals surface area contributed by atoms with Crippen LogP contribution in [0.3, 0.4) is 0 Å². The Balaban J connectivity index is 3.40. The molecular weight excluding hydrogens is 404 g/mol. The minimum atomic E-state index is -2.24. The van der Waals surface area contributed by atoms with Crippen molar-refractivity contribution < 1.29 is 22.9 Å².